The van der Waals surface area contributed by atoms with Gasteiger partial charge in [0.1, 0.15) is 15.6 Å². The van der Waals surface area contributed by atoms with Crippen molar-refractivity contribution in [3.63, 3.8) is 0 Å². The van der Waals surface area contributed by atoms with Gasteiger partial charge in [0.25, 0.3) is 0 Å². The predicted octanol–water partition coefficient (Wildman–Crippen LogP) is 1.13. The second-order valence-electron chi connectivity index (χ2n) is 2.91. The summed E-state index contributed by atoms with van der Waals surface area (Å²) in [4.78, 5) is 11.1. The first-order valence-corrected chi connectivity index (χ1v) is 7.44. The maximum absolute atomic E-state index is 11.1. The number of hydrogen-bond donors (Lipinski definition) is 0. The molecule has 0 aromatic rings. The molecule has 0 aliphatic rings. The van der Waals surface area contributed by atoms with Gasteiger partial charge < -0.3 is 0 Å². The molecular formula is C8H16O3S2. The van der Waals surface area contributed by atoms with Crippen molar-refractivity contribution in [1.29, 1.82) is 0 Å². The summed E-state index contributed by atoms with van der Waals surface area (Å²) in [5.41, 5.74) is 0. The highest BCUT2D eigenvalue weighted by molar-refractivity contribution is 7.99. The normalized spacial score (nSPS) is 11.5. The van der Waals surface area contributed by atoms with Gasteiger partial charge in [-0.3, -0.25) is 4.79 Å². The Bertz CT molecular complexity index is 244. The Labute approximate surface area is 84.2 Å². The predicted molar refractivity (Wildman–Crippen MR) is 57.0 cm³/mol. The summed E-state index contributed by atoms with van der Waals surface area (Å²) in [7, 11) is -2.90. The van der Waals surface area contributed by atoms with Crippen molar-refractivity contribution in [3.05, 3.63) is 0 Å². The lowest BCUT2D eigenvalue weighted by molar-refractivity contribution is -0.116. The van der Waals surface area contributed by atoms with Gasteiger partial charge in [-0.25, -0.2) is 8.42 Å². The number of sulfone groups is 1. The number of carbonyl (C=O) groups is 1. The van der Waals surface area contributed by atoms with Gasteiger partial charge in [-0.1, -0.05) is 6.92 Å². The van der Waals surface area contributed by atoms with Gasteiger partial charge in [-0.15, -0.1) is 0 Å². The van der Waals surface area contributed by atoms with Crippen LogP contribution < -0.4 is 0 Å². The first-order valence-electron chi connectivity index (χ1n) is 4.23. The molecule has 0 saturated carbocycles. The van der Waals surface area contributed by atoms with Crippen LogP contribution in [0, 0.1) is 0 Å². The molecule has 0 rings (SSSR count). The molecule has 0 heterocycles. The molecule has 13 heavy (non-hydrogen) atoms. The molecule has 0 aromatic heterocycles. The average Bonchev–Trinajstić information content (AvgIpc) is 1.98. The lowest BCUT2D eigenvalue weighted by atomic mass is 10.2. The summed E-state index contributed by atoms with van der Waals surface area (Å²) < 4.78 is 21.4. The quantitative estimate of drug-likeness (QED) is 0.650. The molecule has 0 N–H and O–H groups in total. The number of ketones is 1. The van der Waals surface area contributed by atoms with Crippen LogP contribution in [0.4, 0.5) is 0 Å². The molecule has 0 radical (unpaired) electrons. The van der Waals surface area contributed by atoms with E-state index in [-0.39, 0.29) is 11.5 Å². The number of hydrogen-bond acceptors (Lipinski definition) is 4. The third-order valence-electron chi connectivity index (χ3n) is 1.44. The lowest BCUT2D eigenvalue weighted by Gasteiger charge is -1.98. The summed E-state index contributed by atoms with van der Waals surface area (Å²) in [5.74, 6) is 1.71. The van der Waals surface area contributed by atoms with Gasteiger partial charge in [-0.2, -0.15) is 11.8 Å². The molecule has 0 fully saturated rings. The van der Waals surface area contributed by atoms with E-state index < -0.39 is 9.84 Å². The minimum absolute atomic E-state index is 0.121. The van der Waals surface area contributed by atoms with Gasteiger partial charge in [0.2, 0.25) is 0 Å². The molecule has 0 amide bonds. The molecule has 0 aliphatic heterocycles. The van der Waals surface area contributed by atoms with Crippen LogP contribution >= 0.6 is 11.8 Å². The molecule has 3 nitrogen and oxygen atoms in total. The van der Waals surface area contributed by atoms with E-state index in [1.807, 2.05) is 6.92 Å². The molecule has 0 atom stereocenters. The highest BCUT2D eigenvalue weighted by Crippen LogP contribution is 2.03. The summed E-state index contributed by atoms with van der Waals surface area (Å²) >= 11 is 1.58. The Hall–Kier alpha value is -0.0300. The maximum Gasteiger partial charge on any atom is 0.147 e. The van der Waals surface area contributed by atoms with Crippen LogP contribution in [0.5, 0.6) is 0 Å². The summed E-state index contributed by atoms with van der Waals surface area (Å²) in [6.07, 6.45) is 2.04. The van der Waals surface area contributed by atoms with Crippen molar-refractivity contribution < 1.29 is 13.2 Å². The maximum atomic E-state index is 11.1. The Morgan fingerprint density at radius 1 is 1.38 bits per heavy atom. The topological polar surface area (TPSA) is 51.2 Å². The highest BCUT2D eigenvalue weighted by atomic mass is 32.2. The van der Waals surface area contributed by atoms with Crippen LogP contribution in [0.1, 0.15) is 19.8 Å². The third kappa shape index (κ3) is 9.89. The summed E-state index contributed by atoms with van der Waals surface area (Å²) in [5, 5.41) is 0. The number of thioether (sulfide) groups is 1. The SMILES string of the molecule is CCSCC(=O)CCCS(C)(=O)=O. The molecule has 5 heteroatoms. The second kappa shape index (κ2) is 6.43. The fourth-order valence-corrected chi connectivity index (χ4v) is 2.06. The molecule has 78 valence electrons. The zero-order valence-electron chi connectivity index (χ0n) is 8.08. The molecule has 0 unspecified atom stereocenters. The fourth-order valence-electron chi connectivity index (χ4n) is 0.820. The Morgan fingerprint density at radius 2 is 2.00 bits per heavy atom. The average molecular weight is 224 g/mol. The monoisotopic (exact) mass is 224 g/mol. The van der Waals surface area contributed by atoms with E-state index in [1.54, 1.807) is 11.8 Å². The third-order valence-corrected chi connectivity index (χ3v) is 3.40. The largest absolute Gasteiger partial charge is 0.299 e. The van der Waals surface area contributed by atoms with Gasteiger partial charge in [-0.05, 0) is 12.2 Å². The molecule has 0 aliphatic carbocycles. The van der Waals surface area contributed by atoms with Crippen LogP contribution in [0.3, 0.4) is 0 Å². The van der Waals surface area contributed by atoms with E-state index in [0.29, 0.717) is 18.6 Å². The smallest absolute Gasteiger partial charge is 0.147 e. The highest BCUT2D eigenvalue weighted by Gasteiger charge is 2.05. The molecule has 0 saturated heterocycles. The van der Waals surface area contributed by atoms with Gasteiger partial charge in [0.15, 0.2) is 0 Å². The molecule has 0 bridgehead atoms. The number of rotatable bonds is 7. The van der Waals surface area contributed by atoms with Crippen molar-refractivity contribution in [3.8, 4) is 0 Å². The zero-order chi connectivity index (χ0) is 10.3. The Morgan fingerprint density at radius 3 is 2.46 bits per heavy atom. The minimum atomic E-state index is -2.90. The van der Waals surface area contributed by atoms with E-state index >= 15 is 0 Å². The van der Waals surface area contributed by atoms with E-state index in [2.05, 4.69) is 0 Å². The first-order chi connectivity index (χ1) is 5.95. The number of Topliss-reactive ketones (excluding diaryl/α,β-unsaturated/α-hetero) is 1. The second-order valence-corrected chi connectivity index (χ2v) is 6.44. The minimum Gasteiger partial charge on any atom is -0.299 e. The van der Waals surface area contributed by atoms with Crippen LogP contribution in [0.2, 0.25) is 0 Å². The van der Waals surface area contributed by atoms with Gasteiger partial charge in [0.05, 0.1) is 11.5 Å². The zero-order valence-corrected chi connectivity index (χ0v) is 9.71. The van der Waals surface area contributed by atoms with E-state index in [0.717, 1.165) is 5.75 Å². The lowest BCUT2D eigenvalue weighted by Crippen LogP contribution is -2.07. The molecule has 0 aromatic carbocycles. The Kier molecular flexibility index (Phi) is 6.41. The van der Waals surface area contributed by atoms with Crippen LogP contribution in [-0.4, -0.2) is 37.7 Å². The summed E-state index contributed by atoms with van der Waals surface area (Å²) in [6.45, 7) is 1.99. The van der Waals surface area contributed by atoms with Crippen LogP contribution in [-0.2, 0) is 14.6 Å². The van der Waals surface area contributed by atoms with Crippen molar-refractivity contribution in [1.82, 2.24) is 0 Å². The van der Waals surface area contributed by atoms with E-state index in [9.17, 15) is 13.2 Å². The van der Waals surface area contributed by atoms with E-state index in [1.165, 1.54) is 6.26 Å². The first kappa shape index (κ1) is 13.0. The van der Waals surface area contributed by atoms with Crippen molar-refractivity contribution >= 4 is 27.4 Å². The summed E-state index contributed by atoms with van der Waals surface area (Å²) in [6, 6.07) is 0. The standard InChI is InChI=1S/C8H16O3S2/c1-3-12-7-8(9)5-4-6-13(2,10)11/h3-7H2,1-2H3. The number of carbonyl (C=O) groups excluding carboxylic acids is 1. The molecular weight excluding hydrogens is 208 g/mol. The Balaban J connectivity index is 3.49. The van der Waals surface area contributed by atoms with Crippen molar-refractivity contribution in [2.75, 3.05) is 23.5 Å². The van der Waals surface area contributed by atoms with Crippen molar-refractivity contribution in [2.24, 2.45) is 0 Å². The van der Waals surface area contributed by atoms with Gasteiger partial charge in [0, 0.05) is 12.7 Å². The van der Waals surface area contributed by atoms with E-state index in [4.69, 9.17) is 0 Å². The molecule has 0 spiro atoms. The fraction of sp³-hybridized carbons (Fsp3) is 0.875. The van der Waals surface area contributed by atoms with Crippen LogP contribution in [0.25, 0.3) is 0 Å². The van der Waals surface area contributed by atoms with Crippen molar-refractivity contribution in [2.45, 2.75) is 19.8 Å². The van der Waals surface area contributed by atoms with Gasteiger partial charge >= 0.3 is 0 Å². The van der Waals surface area contributed by atoms with Crippen LogP contribution in [0.15, 0.2) is 0 Å².